The second kappa shape index (κ2) is 11.9. The van der Waals surface area contributed by atoms with Crippen LogP contribution < -0.4 is 0 Å². The van der Waals surface area contributed by atoms with Crippen molar-refractivity contribution in [2.24, 2.45) is 0 Å². The molecule has 114 valence electrons. The van der Waals surface area contributed by atoms with Gasteiger partial charge in [-0.15, -0.1) is 0 Å². The fraction of sp³-hybridized carbons (Fsp3) is 0.846. The predicted octanol–water partition coefficient (Wildman–Crippen LogP) is 1.98. The fourth-order valence-corrected chi connectivity index (χ4v) is 1.52. The van der Waals surface area contributed by atoms with Crippen LogP contribution in [-0.2, 0) is 9.59 Å². The van der Waals surface area contributed by atoms with Gasteiger partial charge in [-0.3, -0.25) is 9.59 Å². The SMILES string of the molecule is CC(=O)O.CCCCCCCCC(O)(O)CC(=O)O. The summed E-state index contributed by atoms with van der Waals surface area (Å²) < 4.78 is 0. The molecular formula is C13H26O6. The lowest BCUT2D eigenvalue weighted by molar-refractivity contribution is -0.184. The van der Waals surface area contributed by atoms with Crippen molar-refractivity contribution in [3.63, 3.8) is 0 Å². The first kappa shape index (κ1) is 20.2. The lowest BCUT2D eigenvalue weighted by Gasteiger charge is -2.19. The van der Waals surface area contributed by atoms with Crippen molar-refractivity contribution in [3.8, 4) is 0 Å². The van der Waals surface area contributed by atoms with E-state index < -0.39 is 24.1 Å². The minimum absolute atomic E-state index is 0.144. The Kier molecular flexibility index (Phi) is 12.7. The quantitative estimate of drug-likeness (QED) is 0.378. The van der Waals surface area contributed by atoms with Crippen LogP contribution in [0.2, 0.25) is 0 Å². The number of aliphatic hydroxyl groups is 2. The largest absolute Gasteiger partial charge is 0.481 e. The highest BCUT2D eigenvalue weighted by molar-refractivity contribution is 5.67. The first-order valence-electron chi connectivity index (χ1n) is 6.57. The van der Waals surface area contributed by atoms with Crippen molar-refractivity contribution in [1.82, 2.24) is 0 Å². The lowest BCUT2D eigenvalue weighted by atomic mass is 10.0. The first-order chi connectivity index (χ1) is 8.71. The highest BCUT2D eigenvalue weighted by Gasteiger charge is 2.25. The number of aliphatic carboxylic acids is 2. The molecule has 0 amide bonds. The van der Waals surface area contributed by atoms with E-state index in [2.05, 4.69) is 6.92 Å². The topological polar surface area (TPSA) is 115 Å². The molecular weight excluding hydrogens is 252 g/mol. The number of rotatable bonds is 9. The molecule has 0 fully saturated rings. The molecule has 0 aliphatic carbocycles. The van der Waals surface area contributed by atoms with Gasteiger partial charge >= 0.3 is 5.97 Å². The van der Waals surface area contributed by atoms with Crippen LogP contribution in [0.1, 0.15) is 65.2 Å². The van der Waals surface area contributed by atoms with Crippen molar-refractivity contribution in [3.05, 3.63) is 0 Å². The molecule has 0 bridgehead atoms. The molecule has 0 heterocycles. The van der Waals surface area contributed by atoms with Crippen LogP contribution >= 0.6 is 0 Å². The molecule has 0 saturated heterocycles. The Hall–Kier alpha value is -1.14. The minimum Gasteiger partial charge on any atom is -0.481 e. The maximum atomic E-state index is 10.3. The monoisotopic (exact) mass is 278 g/mol. The molecule has 0 aromatic rings. The van der Waals surface area contributed by atoms with E-state index in [1.165, 1.54) is 19.3 Å². The van der Waals surface area contributed by atoms with Gasteiger partial charge in [-0.1, -0.05) is 39.0 Å². The Morgan fingerprint density at radius 2 is 1.37 bits per heavy atom. The van der Waals surface area contributed by atoms with Crippen LogP contribution in [0.5, 0.6) is 0 Å². The van der Waals surface area contributed by atoms with Gasteiger partial charge in [0.15, 0.2) is 5.79 Å². The van der Waals surface area contributed by atoms with Crippen LogP contribution in [0.25, 0.3) is 0 Å². The summed E-state index contributed by atoms with van der Waals surface area (Å²) in [5.74, 6) is -4.04. The number of hydrogen-bond acceptors (Lipinski definition) is 4. The molecule has 0 radical (unpaired) electrons. The third kappa shape index (κ3) is 22.5. The number of unbranched alkanes of at least 4 members (excludes halogenated alkanes) is 5. The molecule has 4 N–H and O–H groups in total. The van der Waals surface area contributed by atoms with Gasteiger partial charge in [0.2, 0.25) is 0 Å². The van der Waals surface area contributed by atoms with Crippen molar-refractivity contribution < 1.29 is 30.0 Å². The highest BCUT2D eigenvalue weighted by atomic mass is 16.5. The van der Waals surface area contributed by atoms with Gasteiger partial charge in [-0.2, -0.15) is 0 Å². The Balaban J connectivity index is 0. The third-order valence-electron chi connectivity index (χ3n) is 2.37. The van der Waals surface area contributed by atoms with Gasteiger partial charge < -0.3 is 20.4 Å². The van der Waals surface area contributed by atoms with E-state index >= 15 is 0 Å². The van der Waals surface area contributed by atoms with Gasteiger partial charge in [0, 0.05) is 13.3 Å². The summed E-state index contributed by atoms with van der Waals surface area (Å²) in [6.07, 6.45) is 5.79. The van der Waals surface area contributed by atoms with E-state index in [-0.39, 0.29) is 6.42 Å². The van der Waals surface area contributed by atoms with Gasteiger partial charge in [0.1, 0.15) is 0 Å². The van der Waals surface area contributed by atoms with Crippen molar-refractivity contribution >= 4 is 11.9 Å². The molecule has 19 heavy (non-hydrogen) atoms. The van der Waals surface area contributed by atoms with Crippen LogP contribution in [0.15, 0.2) is 0 Å². The lowest BCUT2D eigenvalue weighted by Crippen LogP contribution is -2.31. The predicted molar refractivity (Wildman–Crippen MR) is 70.7 cm³/mol. The maximum Gasteiger partial charge on any atom is 0.308 e. The summed E-state index contributed by atoms with van der Waals surface area (Å²) in [6.45, 7) is 3.22. The summed E-state index contributed by atoms with van der Waals surface area (Å²) in [5, 5.41) is 34.3. The Labute approximate surface area is 114 Å². The van der Waals surface area contributed by atoms with Gasteiger partial charge in [-0.25, -0.2) is 0 Å². The smallest absolute Gasteiger partial charge is 0.308 e. The zero-order valence-corrected chi connectivity index (χ0v) is 11.8. The van der Waals surface area contributed by atoms with E-state index in [1.807, 2.05) is 0 Å². The summed E-state index contributed by atoms with van der Waals surface area (Å²) in [6, 6.07) is 0. The molecule has 0 unspecified atom stereocenters. The number of hydrogen-bond donors (Lipinski definition) is 4. The molecule has 0 aromatic carbocycles. The van der Waals surface area contributed by atoms with Gasteiger partial charge in [0.05, 0.1) is 6.42 Å². The van der Waals surface area contributed by atoms with E-state index in [9.17, 15) is 15.0 Å². The van der Waals surface area contributed by atoms with E-state index in [1.54, 1.807) is 0 Å². The molecule has 6 heteroatoms. The molecule has 6 nitrogen and oxygen atoms in total. The van der Waals surface area contributed by atoms with Crippen molar-refractivity contribution in [2.45, 2.75) is 71.0 Å². The van der Waals surface area contributed by atoms with Crippen LogP contribution in [0, 0.1) is 0 Å². The zero-order valence-electron chi connectivity index (χ0n) is 11.8. The molecule has 0 aromatic heterocycles. The maximum absolute atomic E-state index is 10.3. The summed E-state index contributed by atoms with van der Waals surface area (Å²) in [7, 11) is 0. The average molecular weight is 278 g/mol. The average Bonchev–Trinajstić information content (AvgIpc) is 2.20. The van der Waals surface area contributed by atoms with Crippen LogP contribution in [0.3, 0.4) is 0 Å². The summed E-state index contributed by atoms with van der Waals surface area (Å²) in [4.78, 5) is 19.3. The number of carboxylic acids is 2. The fourth-order valence-electron chi connectivity index (χ4n) is 1.52. The van der Waals surface area contributed by atoms with Gasteiger partial charge in [-0.05, 0) is 6.42 Å². The molecule has 0 rings (SSSR count). The van der Waals surface area contributed by atoms with Crippen molar-refractivity contribution in [2.75, 3.05) is 0 Å². The van der Waals surface area contributed by atoms with E-state index in [0.717, 1.165) is 19.8 Å². The molecule has 0 saturated carbocycles. The zero-order chi connectivity index (χ0) is 15.3. The van der Waals surface area contributed by atoms with Gasteiger partial charge in [0.25, 0.3) is 5.97 Å². The number of carboxylic acid groups (broad SMARTS) is 2. The highest BCUT2D eigenvalue weighted by Crippen LogP contribution is 2.16. The van der Waals surface area contributed by atoms with E-state index in [0.29, 0.717) is 6.42 Å². The standard InChI is InChI=1S/C11H22O4.C2H4O2/c1-2-3-4-5-6-7-8-11(14,15)9-10(12)13;1-2(3)4/h14-15H,2-9H2,1H3,(H,12,13);1H3,(H,3,4). The Morgan fingerprint density at radius 3 is 1.79 bits per heavy atom. The van der Waals surface area contributed by atoms with Crippen LogP contribution in [-0.4, -0.2) is 38.2 Å². The second-order valence-corrected chi connectivity index (χ2v) is 4.59. The van der Waals surface area contributed by atoms with Crippen molar-refractivity contribution in [1.29, 1.82) is 0 Å². The minimum atomic E-state index is -2.03. The third-order valence-corrected chi connectivity index (χ3v) is 2.37. The molecule has 0 aliphatic heterocycles. The molecule has 0 atom stereocenters. The Morgan fingerprint density at radius 1 is 0.947 bits per heavy atom. The van der Waals surface area contributed by atoms with E-state index in [4.69, 9.17) is 15.0 Å². The summed E-state index contributed by atoms with van der Waals surface area (Å²) in [5.41, 5.74) is 0. The molecule has 0 spiro atoms. The number of carbonyl (C=O) groups is 2. The summed E-state index contributed by atoms with van der Waals surface area (Å²) >= 11 is 0. The molecule has 0 aliphatic rings. The normalized spacial score (nSPS) is 10.5. The Bertz CT molecular complexity index is 246. The van der Waals surface area contributed by atoms with Crippen LogP contribution in [0.4, 0.5) is 0 Å². The first-order valence-corrected chi connectivity index (χ1v) is 6.57. The second-order valence-electron chi connectivity index (χ2n) is 4.59.